The van der Waals surface area contributed by atoms with Crippen LogP contribution < -0.4 is 0 Å². The van der Waals surface area contributed by atoms with Crippen LogP contribution in [0.2, 0.25) is 0 Å². The number of rotatable bonds is 4. The van der Waals surface area contributed by atoms with E-state index in [2.05, 4.69) is 5.16 Å². The molecule has 3 rings (SSSR count). The van der Waals surface area contributed by atoms with Crippen LogP contribution in [0.3, 0.4) is 0 Å². The summed E-state index contributed by atoms with van der Waals surface area (Å²) in [5.74, 6) is 0.452. The number of nitro groups is 2. The van der Waals surface area contributed by atoms with E-state index in [0.29, 0.717) is 22.6 Å². The van der Waals surface area contributed by atoms with Crippen molar-refractivity contribution in [3.8, 4) is 22.6 Å². The molecular weight excluding hydrogens is 302 g/mol. The fourth-order valence-corrected chi connectivity index (χ4v) is 2.05. The molecule has 8 heteroatoms. The zero-order valence-corrected chi connectivity index (χ0v) is 11.6. The fraction of sp³-hybridized carbons (Fsp3) is 0. The van der Waals surface area contributed by atoms with Gasteiger partial charge >= 0.3 is 0 Å². The Morgan fingerprint density at radius 1 is 0.783 bits per heavy atom. The van der Waals surface area contributed by atoms with Gasteiger partial charge in [0.15, 0.2) is 5.76 Å². The Labute approximate surface area is 129 Å². The molecule has 0 aliphatic rings. The first kappa shape index (κ1) is 14.4. The van der Waals surface area contributed by atoms with Gasteiger partial charge in [0.2, 0.25) is 0 Å². The quantitative estimate of drug-likeness (QED) is 0.534. The standard InChI is InChI=1S/C15H9N3O5/c19-17(20)12-5-1-10(2-6-12)14-9-15(23-16-14)11-3-7-13(8-4-11)18(21)22/h1-9H. The maximum Gasteiger partial charge on any atom is 0.269 e. The lowest BCUT2D eigenvalue weighted by Crippen LogP contribution is -1.87. The van der Waals surface area contributed by atoms with E-state index in [1.54, 1.807) is 30.3 Å². The van der Waals surface area contributed by atoms with Crippen LogP contribution in [0.25, 0.3) is 22.6 Å². The van der Waals surface area contributed by atoms with Gasteiger partial charge in [-0.3, -0.25) is 20.2 Å². The Morgan fingerprint density at radius 2 is 1.26 bits per heavy atom. The van der Waals surface area contributed by atoms with Gasteiger partial charge in [-0.25, -0.2) is 0 Å². The third-order valence-corrected chi connectivity index (χ3v) is 3.25. The number of nitro benzene ring substituents is 2. The Hall–Kier alpha value is -3.55. The van der Waals surface area contributed by atoms with E-state index in [0.717, 1.165) is 0 Å². The molecule has 0 amide bonds. The third kappa shape index (κ3) is 2.91. The van der Waals surface area contributed by atoms with E-state index in [4.69, 9.17) is 4.52 Å². The molecule has 0 atom stereocenters. The van der Waals surface area contributed by atoms with Crippen molar-refractivity contribution in [1.29, 1.82) is 0 Å². The monoisotopic (exact) mass is 311 g/mol. The average molecular weight is 311 g/mol. The average Bonchev–Trinajstić information content (AvgIpc) is 3.05. The molecule has 3 aromatic rings. The van der Waals surface area contributed by atoms with Gasteiger partial charge in [-0.15, -0.1) is 0 Å². The second kappa shape index (κ2) is 5.68. The van der Waals surface area contributed by atoms with Crippen molar-refractivity contribution in [1.82, 2.24) is 5.16 Å². The Bertz CT molecular complexity index is 797. The van der Waals surface area contributed by atoms with Crippen molar-refractivity contribution in [2.45, 2.75) is 0 Å². The lowest BCUT2D eigenvalue weighted by atomic mass is 10.1. The molecule has 0 fully saturated rings. The van der Waals surface area contributed by atoms with E-state index in [-0.39, 0.29) is 11.4 Å². The molecule has 0 N–H and O–H groups in total. The summed E-state index contributed by atoms with van der Waals surface area (Å²) < 4.78 is 5.23. The Kier molecular flexibility index (Phi) is 3.55. The predicted molar refractivity (Wildman–Crippen MR) is 80.7 cm³/mol. The summed E-state index contributed by atoms with van der Waals surface area (Å²) in [6.07, 6.45) is 0. The fourth-order valence-electron chi connectivity index (χ4n) is 2.05. The normalized spacial score (nSPS) is 10.4. The molecule has 0 bridgehead atoms. The predicted octanol–water partition coefficient (Wildman–Crippen LogP) is 3.83. The van der Waals surface area contributed by atoms with Gasteiger partial charge in [-0.1, -0.05) is 5.16 Å². The van der Waals surface area contributed by atoms with Crippen LogP contribution >= 0.6 is 0 Å². The van der Waals surface area contributed by atoms with Crippen molar-refractivity contribution in [3.05, 3.63) is 74.8 Å². The molecule has 0 aliphatic carbocycles. The summed E-state index contributed by atoms with van der Waals surface area (Å²) in [7, 11) is 0. The van der Waals surface area contributed by atoms with Crippen molar-refractivity contribution < 1.29 is 14.4 Å². The summed E-state index contributed by atoms with van der Waals surface area (Å²) in [5, 5.41) is 25.2. The highest BCUT2D eigenvalue weighted by Crippen LogP contribution is 2.28. The topological polar surface area (TPSA) is 112 Å². The highest BCUT2D eigenvalue weighted by molar-refractivity contribution is 5.68. The van der Waals surface area contributed by atoms with Gasteiger partial charge in [-0.05, 0) is 24.3 Å². The SMILES string of the molecule is O=[N+]([O-])c1ccc(-c2cc(-c3ccc([N+](=O)[O-])cc3)on2)cc1. The maximum absolute atomic E-state index is 10.6. The first-order valence-electron chi connectivity index (χ1n) is 6.51. The van der Waals surface area contributed by atoms with Crippen LogP contribution in [0.5, 0.6) is 0 Å². The molecule has 23 heavy (non-hydrogen) atoms. The van der Waals surface area contributed by atoms with E-state index >= 15 is 0 Å². The minimum atomic E-state index is -0.480. The minimum absolute atomic E-state index is 0.00663. The van der Waals surface area contributed by atoms with Crippen molar-refractivity contribution >= 4 is 11.4 Å². The number of benzene rings is 2. The van der Waals surface area contributed by atoms with E-state index in [1.807, 2.05) is 0 Å². The summed E-state index contributed by atoms with van der Waals surface area (Å²) in [6, 6.07) is 13.5. The molecule has 0 saturated carbocycles. The molecule has 0 aliphatic heterocycles. The van der Waals surface area contributed by atoms with Crippen molar-refractivity contribution in [3.63, 3.8) is 0 Å². The number of non-ortho nitro benzene ring substituents is 2. The number of hydrogen-bond acceptors (Lipinski definition) is 6. The third-order valence-electron chi connectivity index (χ3n) is 3.25. The molecule has 1 heterocycles. The van der Waals surface area contributed by atoms with Crippen molar-refractivity contribution in [2.75, 3.05) is 0 Å². The zero-order valence-electron chi connectivity index (χ0n) is 11.6. The van der Waals surface area contributed by atoms with Gasteiger partial charge in [0.25, 0.3) is 11.4 Å². The van der Waals surface area contributed by atoms with E-state index in [1.165, 1.54) is 24.3 Å². The van der Waals surface area contributed by atoms with Crippen LogP contribution in [0.4, 0.5) is 11.4 Å². The van der Waals surface area contributed by atoms with Gasteiger partial charge in [-0.2, -0.15) is 0 Å². The summed E-state index contributed by atoms with van der Waals surface area (Å²) in [5.41, 5.74) is 1.83. The first-order valence-corrected chi connectivity index (χ1v) is 6.51. The highest BCUT2D eigenvalue weighted by Gasteiger charge is 2.12. The van der Waals surface area contributed by atoms with Crippen LogP contribution in [-0.4, -0.2) is 15.0 Å². The smallest absolute Gasteiger partial charge is 0.269 e. The lowest BCUT2D eigenvalue weighted by Gasteiger charge is -1.95. The van der Waals surface area contributed by atoms with Gasteiger partial charge in [0.05, 0.1) is 9.85 Å². The van der Waals surface area contributed by atoms with Gasteiger partial charge in [0, 0.05) is 41.5 Å². The highest BCUT2D eigenvalue weighted by atomic mass is 16.6. The largest absolute Gasteiger partial charge is 0.356 e. The summed E-state index contributed by atoms with van der Waals surface area (Å²) in [6.45, 7) is 0. The minimum Gasteiger partial charge on any atom is -0.356 e. The van der Waals surface area contributed by atoms with Crippen LogP contribution in [0.1, 0.15) is 0 Å². The number of nitrogens with zero attached hydrogens (tertiary/aromatic N) is 3. The Balaban J connectivity index is 1.87. The summed E-state index contributed by atoms with van der Waals surface area (Å²) in [4.78, 5) is 20.3. The Morgan fingerprint density at radius 3 is 1.74 bits per heavy atom. The molecule has 0 saturated heterocycles. The summed E-state index contributed by atoms with van der Waals surface area (Å²) >= 11 is 0. The molecule has 0 unspecified atom stereocenters. The zero-order chi connectivity index (χ0) is 16.4. The second-order valence-electron chi connectivity index (χ2n) is 4.68. The van der Waals surface area contributed by atoms with E-state index in [9.17, 15) is 20.2 Å². The van der Waals surface area contributed by atoms with Crippen LogP contribution in [-0.2, 0) is 0 Å². The molecular formula is C15H9N3O5. The van der Waals surface area contributed by atoms with E-state index < -0.39 is 9.85 Å². The van der Waals surface area contributed by atoms with Gasteiger partial charge < -0.3 is 4.52 Å². The number of hydrogen-bond donors (Lipinski definition) is 0. The molecule has 0 radical (unpaired) electrons. The number of aromatic nitrogens is 1. The molecule has 8 nitrogen and oxygen atoms in total. The molecule has 114 valence electrons. The second-order valence-corrected chi connectivity index (χ2v) is 4.68. The van der Waals surface area contributed by atoms with Crippen LogP contribution in [0, 0.1) is 20.2 Å². The molecule has 2 aromatic carbocycles. The first-order chi connectivity index (χ1) is 11.0. The lowest BCUT2D eigenvalue weighted by molar-refractivity contribution is -0.385. The maximum atomic E-state index is 10.6. The molecule has 0 spiro atoms. The van der Waals surface area contributed by atoms with Gasteiger partial charge in [0.1, 0.15) is 5.69 Å². The molecule has 1 aromatic heterocycles. The van der Waals surface area contributed by atoms with Crippen LogP contribution in [0.15, 0.2) is 59.1 Å². The van der Waals surface area contributed by atoms with Crippen molar-refractivity contribution in [2.24, 2.45) is 0 Å².